The van der Waals surface area contributed by atoms with Gasteiger partial charge in [-0.1, -0.05) is 23.7 Å². The second-order valence-electron chi connectivity index (χ2n) is 3.18. The molecule has 0 aliphatic heterocycles. The summed E-state index contributed by atoms with van der Waals surface area (Å²) in [5.74, 6) is -0.541. The van der Waals surface area contributed by atoms with Crippen LogP contribution < -0.4 is 0 Å². The van der Waals surface area contributed by atoms with Crippen molar-refractivity contribution in [3.63, 3.8) is 0 Å². The first-order valence-corrected chi connectivity index (χ1v) is 4.95. The summed E-state index contributed by atoms with van der Waals surface area (Å²) in [6, 6.07) is 6.17. The van der Waals surface area contributed by atoms with Crippen LogP contribution in [0.25, 0.3) is 11.1 Å². The third-order valence-electron chi connectivity index (χ3n) is 2.22. The lowest BCUT2D eigenvalue weighted by Crippen LogP contribution is -1.92. The quantitative estimate of drug-likeness (QED) is 0.747. The Morgan fingerprint density at radius 2 is 2.06 bits per heavy atom. The molecule has 0 aliphatic carbocycles. The number of rotatable bonds is 2. The molecule has 2 rings (SSSR count). The largest absolute Gasteiger partial charge is 0.298 e. The van der Waals surface area contributed by atoms with E-state index < -0.39 is 5.82 Å². The second kappa shape index (κ2) is 4.41. The molecule has 0 N–H and O–H groups in total. The zero-order valence-corrected chi connectivity index (χ0v) is 8.91. The van der Waals surface area contributed by atoms with Gasteiger partial charge in [-0.25, -0.2) is 4.39 Å². The number of aldehydes is 1. The number of nitrogens with zero attached hydrogens (tertiary/aromatic N) is 1. The summed E-state index contributed by atoms with van der Waals surface area (Å²) >= 11 is 5.68. The molecule has 2 nitrogen and oxygen atoms in total. The number of aromatic nitrogens is 1. The molecule has 0 saturated carbocycles. The molecule has 0 unspecified atom stereocenters. The molecule has 1 heterocycles. The Labute approximate surface area is 96.7 Å². The van der Waals surface area contributed by atoms with Crippen LogP contribution in [-0.2, 0) is 0 Å². The Morgan fingerprint density at radius 1 is 1.25 bits per heavy atom. The van der Waals surface area contributed by atoms with Crippen LogP contribution in [-0.4, -0.2) is 11.3 Å². The van der Waals surface area contributed by atoms with Crippen LogP contribution in [0.1, 0.15) is 10.4 Å². The second-order valence-corrected chi connectivity index (χ2v) is 3.59. The molecule has 0 aliphatic rings. The van der Waals surface area contributed by atoms with Crippen LogP contribution >= 0.6 is 11.6 Å². The summed E-state index contributed by atoms with van der Waals surface area (Å²) in [5, 5.41) is 0.0261. The van der Waals surface area contributed by atoms with E-state index in [4.69, 9.17) is 11.6 Å². The van der Waals surface area contributed by atoms with E-state index in [2.05, 4.69) is 4.98 Å². The Balaban J connectivity index is 2.67. The maximum atomic E-state index is 13.7. The van der Waals surface area contributed by atoms with Gasteiger partial charge in [0.05, 0.1) is 5.02 Å². The summed E-state index contributed by atoms with van der Waals surface area (Å²) in [6.45, 7) is 0. The Hall–Kier alpha value is -1.74. The molecule has 0 fully saturated rings. The third kappa shape index (κ3) is 1.82. The van der Waals surface area contributed by atoms with Crippen molar-refractivity contribution in [1.29, 1.82) is 0 Å². The van der Waals surface area contributed by atoms with Crippen molar-refractivity contribution in [3.05, 3.63) is 53.1 Å². The SMILES string of the molecule is O=Cc1ccncc1-c1cccc(Cl)c1F. The molecule has 0 spiro atoms. The molecule has 1 aromatic carbocycles. The number of hydrogen-bond donors (Lipinski definition) is 0. The molecule has 80 valence electrons. The van der Waals surface area contributed by atoms with Gasteiger partial charge in [0, 0.05) is 29.1 Å². The molecule has 0 amide bonds. The minimum atomic E-state index is -0.541. The van der Waals surface area contributed by atoms with E-state index in [1.807, 2.05) is 0 Å². The maximum Gasteiger partial charge on any atom is 0.150 e. The van der Waals surface area contributed by atoms with Gasteiger partial charge in [-0.3, -0.25) is 9.78 Å². The smallest absolute Gasteiger partial charge is 0.150 e. The van der Waals surface area contributed by atoms with Gasteiger partial charge in [-0.15, -0.1) is 0 Å². The molecule has 0 radical (unpaired) electrons. The lowest BCUT2D eigenvalue weighted by atomic mass is 10.0. The van der Waals surface area contributed by atoms with Crippen LogP contribution in [0.4, 0.5) is 4.39 Å². The molecule has 4 heteroatoms. The van der Waals surface area contributed by atoms with Gasteiger partial charge < -0.3 is 0 Å². The minimum absolute atomic E-state index is 0.0261. The lowest BCUT2D eigenvalue weighted by molar-refractivity contribution is 0.112. The zero-order chi connectivity index (χ0) is 11.5. The van der Waals surface area contributed by atoms with Crippen LogP contribution in [0.3, 0.4) is 0 Å². The number of carbonyl (C=O) groups excluding carboxylic acids is 1. The first kappa shape index (κ1) is 10.8. The van der Waals surface area contributed by atoms with Crippen molar-refractivity contribution in [3.8, 4) is 11.1 Å². The molecular weight excluding hydrogens is 229 g/mol. The van der Waals surface area contributed by atoms with Crippen LogP contribution in [0.15, 0.2) is 36.7 Å². The summed E-state index contributed by atoms with van der Waals surface area (Å²) in [6.07, 6.45) is 3.59. The predicted octanol–water partition coefficient (Wildman–Crippen LogP) is 3.35. The van der Waals surface area contributed by atoms with E-state index in [-0.39, 0.29) is 10.6 Å². The van der Waals surface area contributed by atoms with Gasteiger partial charge in [-0.2, -0.15) is 0 Å². The molecule has 1 aromatic heterocycles. The van der Waals surface area contributed by atoms with Crippen molar-refractivity contribution in [1.82, 2.24) is 4.98 Å². The fourth-order valence-corrected chi connectivity index (χ4v) is 1.62. The standard InChI is InChI=1S/C12H7ClFNO/c13-11-3-1-2-9(12(11)14)10-6-15-5-4-8(10)7-16/h1-7H. The van der Waals surface area contributed by atoms with Gasteiger partial charge in [-0.05, 0) is 12.1 Å². The van der Waals surface area contributed by atoms with Crippen molar-refractivity contribution in [2.24, 2.45) is 0 Å². The van der Waals surface area contributed by atoms with Gasteiger partial charge in [0.2, 0.25) is 0 Å². The third-order valence-corrected chi connectivity index (χ3v) is 2.52. The summed E-state index contributed by atoms with van der Waals surface area (Å²) in [5.41, 5.74) is 1.11. The van der Waals surface area contributed by atoms with Gasteiger partial charge in [0.15, 0.2) is 6.29 Å². The zero-order valence-electron chi connectivity index (χ0n) is 8.15. The van der Waals surface area contributed by atoms with Crippen molar-refractivity contribution < 1.29 is 9.18 Å². The molecule has 0 bridgehead atoms. The van der Waals surface area contributed by atoms with Gasteiger partial charge in [0.25, 0.3) is 0 Å². The van der Waals surface area contributed by atoms with E-state index in [9.17, 15) is 9.18 Å². The molecule has 2 aromatic rings. The van der Waals surface area contributed by atoms with Crippen molar-refractivity contribution >= 4 is 17.9 Å². The van der Waals surface area contributed by atoms with E-state index in [1.54, 1.807) is 12.1 Å². The Kier molecular flexibility index (Phi) is 2.97. The highest BCUT2D eigenvalue weighted by atomic mass is 35.5. The molecule has 0 saturated heterocycles. The van der Waals surface area contributed by atoms with E-state index in [1.165, 1.54) is 24.5 Å². The van der Waals surface area contributed by atoms with E-state index >= 15 is 0 Å². The average Bonchev–Trinajstić information content (AvgIpc) is 2.33. The minimum Gasteiger partial charge on any atom is -0.298 e. The van der Waals surface area contributed by atoms with Gasteiger partial charge in [0.1, 0.15) is 5.82 Å². The fourth-order valence-electron chi connectivity index (χ4n) is 1.44. The number of hydrogen-bond acceptors (Lipinski definition) is 2. The highest BCUT2D eigenvalue weighted by Crippen LogP contribution is 2.28. The highest BCUT2D eigenvalue weighted by Gasteiger charge is 2.11. The summed E-state index contributed by atoms with van der Waals surface area (Å²) in [4.78, 5) is 14.7. The summed E-state index contributed by atoms with van der Waals surface area (Å²) in [7, 11) is 0. The van der Waals surface area contributed by atoms with E-state index in [0.717, 1.165) is 0 Å². The average molecular weight is 236 g/mol. The first-order chi connectivity index (χ1) is 7.74. The monoisotopic (exact) mass is 235 g/mol. The summed E-state index contributed by atoms with van der Waals surface area (Å²) < 4.78 is 13.7. The molecular formula is C12H7ClFNO. The van der Waals surface area contributed by atoms with Gasteiger partial charge >= 0.3 is 0 Å². The highest BCUT2D eigenvalue weighted by molar-refractivity contribution is 6.31. The Bertz CT molecular complexity index is 542. The van der Waals surface area contributed by atoms with Crippen LogP contribution in [0.2, 0.25) is 5.02 Å². The first-order valence-electron chi connectivity index (χ1n) is 4.57. The predicted molar refractivity (Wildman–Crippen MR) is 60.0 cm³/mol. The number of halogens is 2. The molecule has 0 atom stereocenters. The number of carbonyl (C=O) groups is 1. The maximum absolute atomic E-state index is 13.7. The molecule has 16 heavy (non-hydrogen) atoms. The Morgan fingerprint density at radius 3 is 2.81 bits per heavy atom. The van der Waals surface area contributed by atoms with E-state index in [0.29, 0.717) is 17.4 Å². The topological polar surface area (TPSA) is 30.0 Å². The number of pyridine rings is 1. The van der Waals surface area contributed by atoms with Crippen LogP contribution in [0, 0.1) is 5.82 Å². The van der Waals surface area contributed by atoms with Crippen molar-refractivity contribution in [2.75, 3.05) is 0 Å². The number of benzene rings is 1. The lowest BCUT2D eigenvalue weighted by Gasteiger charge is -2.06. The normalized spacial score (nSPS) is 10.1. The van der Waals surface area contributed by atoms with Crippen molar-refractivity contribution in [2.45, 2.75) is 0 Å². The fraction of sp³-hybridized carbons (Fsp3) is 0. The van der Waals surface area contributed by atoms with Crippen LogP contribution in [0.5, 0.6) is 0 Å².